The molecule has 0 radical (unpaired) electrons. The fraction of sp³-hybridized carbons (Fsp3) is 0.263. The number of halogens is 1. The Labute approximate surface area is 160 Å². The predicted molar refractivity (Wildman–Crippen MR) is 104 cm³/mol. The number of carbonyl (C=O) groups excluding carboxylic acids is 1. The maximum atomic E-state index is 12.8. The molecule has 0 aliphatic rings. The highest BCUT2D eigenvalue weighted by Gasteiger charge is 2.15. The molecule has 2 heterocycles. The maximum absolute atomic E-state index is 12.8. The molecule has 0 aliphatic heterocycles. The zero-order chi connectivity index (χ0) is 19.4. The number of rotatable bonds is 6. The SMILES string of the molecule is CCCn1c(=O)c2ccc(Cl)cc2n(CC(=O)NCc2cccnc2)c1=O. The molecule has 7 nitrogen and oxygen atoms in total. The van der Waals surface area contributed by atoms with Crippen molar-refractivity contribution in [2.45, 2.75) is 33.0 Å². The van der Waals surface area contributed by atoms with Gasteiger partial charge < -0.3 is 5.32 Å². The van der Waals surface area contributed by atoms with Crippen LogP contribution in [0.4, 0.5) is 0 Å². The molecule has 2 aromatic heterocycles. The second-order valence-electron chi connectivity index (χ2n) is 6.12. The quantitative estimate of drug-likeness (QED) is 0.701. The Kier molecular flexibility index (Phi) is 5.71. The standard InChI is InChI=1S/C19H19ClN4O3/c1-2-8-23-18(26)15-6-5-14(20)9-16(15)24(19(23)27)12-17(25)22-11-13-4-3-7-21-10-13/h3-7,9-10H,2,8,11-12H2,1H3,(H,22,25). The van der Waals surface area contributed by atoms with Gasteiger partial charge in [-0.2, -0.15) is 0 Å². The van der Waals surface area contributed by atoms with Crippen molar-refractivity contribution in [3.63, 3.8) is 0 Å². The number of aromatic nitrogens is 3. The summed E-state index contributed by atoms with van der Waals surface area (Å²) in [4.78, 5) is 41.8. The molecule has 1 amide bonds. The van der Waals surface area contributed by atoms with Crippen LogP contribution in [0.15, 0.2) is 52.3 Å². The number of amides is 1. The molecule has 0 spiro atoms. The van der Waals surface area contributed by atoms with Gasteiger partial charge in [-0.15, -0.1) is 0 Å². The van der Waals surface area contributed by atoms with Gasteiger partial charge in [0.2, 0.25) is 5.91 Å². The molecule has 0 saturated carbocycles. The Morgan fingerprint density at radius 2 is 2.04 bits per heavy atom. The van der Waals surface area contributed by atoms with Gasteiger partial charge in [0, 0.05) is 30.5 Å². The van der Waals surface area contributed by atoms with Crippen molar-refractivity contribution in [2.24, 2.45) is 0 Å². The molecule has 0 saturated heterocycles. The number of nitrogens with one attached hydrogen (secondary N) is 1. The molecule has 1 N–H and O–H groups in total. The van der Waals surface area contributed by atoms with E-state index in [1.807, 2.05) is 13.0 Å². The van der Waals surface area contributed by atoms with Gasteiger partial charge in [0.25, 0.3) is 5.56 Å². The minimum absolute atomic E-state index is 0.208. The summed E-state index contributed by atoms with van der Waals surface area (Å²) in [7, 11) is 0. The Hall–Kier alpha value is -2.93. The van der Waals surface area contributed by atoms with Crippen LogP contribution in [0.3, 0.4) is 0 Å². The second kappa shape index (κ2) is 8.18. The number of nitrogens with zero attached hydrogens (tertiary/aromatic N) is 3. The van der Waals surface area contributed by atoms with E-state index < -0.39 is 5.69 Å². The number of benzene rings is 1. The smallest absolute Gasteiger partial charge is 0.331 e. The van der Waals surface area contributed by atoms with Gasteiger partial charge in [-0.05, 0) is 36.2 Å². The maximum Gasteiger partial charge on any atom is 0.331 e. The minimum atomic E-state index is -0.520. The van der Waals surface area contributed by atoms with Crippen LogP contribution in [0.5, 0.6) is 0 Å². The summed E-state index contributed by atoms with van der Waals surface area (Å²) in [6, 6.07) is 8.33. The zero-order valence-electron chi connectivity index (χ0n) is 14.8. The Morgan fingerprint density at radius 3 is 2.74 bits per heavy atom. The van der Waals surface area contributed by atoms with Gasteiger partial charge in [-0.3, -0.25) is 23.7 Å². The highest BCUT2D eigenvalue weighted by molar-refractivity contribution is 6.31. The first-order chi connectivity index (χ1) is 13.0. The molecule has 0 unspecified atom stereocenters. The van der Waals surface area contributed by atoms with Gasteiger partial charge >= 0.3 is 5.69 Å². The lowest BCUT2D eigenvalue weighted by Crippen LogP contribution is -2.42. The van der Waals surface area contributed by atoms with Crippen LogP contribution in [0.1, 0.15) is 18.9 Å². The average molecular weight is 387 g/mol. The minimum Gasteiger partial charge on any atom is -0.350 e. The molecule has 1 aromatic carbocycles. The first-order valence-electron chi connectivity index (χ1n) is 8.59. The van der Waals surface area contributed by atoms with E-state index in [4.69, 9.17) is 11.6 Å². The fourth-order valence-corrected chi connectivity index (χ4v) is 3.03. The molecule has 0 atom stereocenters. The number of carbonyl (C=O) groups is 1. The fourth-order valence-electron chi connectivity index (χ4n) is 2.87. The van der Waals surface area contributed by atoms with Crippen LogP contribution in [0.25, 0.3) is 10.9 Å². The van der Waals surface area contributed by atoms with Crippen molar-refractivity contribution < 1.29 is 4.79 Å². The summed E-state index contributed by atoms with van der Waals surface area (Å²) in [5.74, 6) is -0.344. The number of hydrogen-bond acceptors (Lipinski definition) is 4. The monoisotopic (exact) mass is 386 g/mol. The Bertz CT molecular complexity index is 1090. The summed E-state index contributed by atoms with van der Waals surface area (Å²) in [6.07, 6.45) is 3.93. The van der Waals surface area contributed by atoms with Crippen LogP contribution in [0, 0.1) is 0 Å². The van der Waals surface area contributed by atoms with Gasteiger partial charge in [-0.1, -0.05) is 24.6 Å². The summed E-state index contributed by atoms with van der Waals surface area (Å²) < 4.78 is 2.45. The first kappa shape index (κ1) is 18.8. The van der Waals surface area contributed by atoms with E-state index in [1.54, 1.807) is 30.6 Å². The second-order valence-corrected chi connectivity index (χ2v) is 6.56. The molecular formula is C19H19ClN4O3. The van der Waals surface area contributed by atoms with E-state index in [2.05, 4.69) is 10.3 Å². The molecule has 8 heteroatoms. The van der Waals surface area contributed by atoms with Gasteiger partial charge in [0.05, 0.1) is 10.9 Å². The summed E-state index contributed by atoms with van der Waals surface area (Å²) in [5, 5.41) is 3.50. The highest BCUT2D eigenvalue weighted by atomic mass is 35.5. The van der Waals surface area contributed by atoms with Crippen LogP contribution < -0.4 is 16.6 Å². The number of fused-ring (bicyclic) bond motifs is 1. The van der Waals surface area contributed by atoms with Crippen molar-refractivity contribution >= 4 is 28.4 Å². The average Bonchev–Trinajstić information content (AvgIpc) is 2.67. The third-order valence-corrected chi connectivity index (χ3v) is 4.38. The molecule has 0 fully saturated rings. The van der Waals surface area contributed by atoms with E-state index in [0.29, 0.717) is 28.9 Å². The molecule has 140 valence electrons. The Balaban J connectivity index is 1.97. The van der Waals surface area contributed by atoms with Crippen molar-refractivity contribution in [1.29, 1.82) is 0 Å². The van der Waals surface area contributed by atoms with Crippen LogP contribution in [-0.4, -0.2) is 20.0 Å². The van der Waals surface area contributed by atoms with Crippen molar-refractivity contribution in [3.05, 3.63) is 74.1 Å². The van der Waals surface area contributed by atoms with E-state index in [9.17, 15) is 14.4 Å². The molecule has 3 aromatic rings. The molecule has 27 heavy (non-hydrogen) atoms. The molecular weight excluding hydrogens is 368 g/mol. The van der Waals surface area contributed by atoms with Gasteiger partial charge in [0.1, 0.15) is 6.54 Å². The summed E-state index contributed by atoms with van der Waals surface area (Å²) in [6.45, 7) is 2.26. The van der Waals surface area contributed by atoms with Gasteiger partial charge in [-0.25, -0.2) is 4.79 Å². The first-order valence-corrected chi connectivity index (χ1v) is 8.97. The lowest BCUT2D eigenvalue weighted by atomic mass is 10.2. The van der Waals surface area contributed by atoms with Gasteiger partial charge in [0.15, 0.2) is 0 Å². The number of hydrogen-bond donors (Lipinski definition) is 1. The third kappa shape index (κ3) is 4.09. The lowest BCUT2D eigenvalue weighted by Gasteiger charge is -2.14. The summed E-state index contributed by atoms with van der Waals surface area (Å²) >= 11 is 6.04. The number of pyridine rings is 1. The van der Waals surface area contributed by atoms with E-state index in [0.717, 1.165) is 10.1 Å². The van der Waals surface area contributed by atoms with E-state index in [1.165, 1.54) is 10.6 Å². The van der Waals surface area contributed by atoms with Crippen LogP contribution in [0.2, 0.25) is 5.02 Å². The molecule has 3 rings (SSSR count). The van der Waals surface area contributed by atoms with Crippen molar-refractivity contribution in [1.82, 2.24) is 19.4 Å². The largest absolute Gasteiger partial charge is 0.350 e. The molecule has 0 aliphatic carbocycles. The van der Waals surface area contributed by atoms with E-state index in [-0.39, 0.29) is 24.6 Å². The van der Waals surface area contributed by atoms with Crippen LogP contribution >= 0.6 is 11.6 Å². The summed E-state index contributed by atoms with van der Waals surface area (Å²) in [5.41, 5.74) is 0.303. The Morgan fingerprint density at radius 1 is 1.22 bits per heavy atom. The predicted octanol–water partition coefficient (Wildman–Crippen LogP) is 1.94. The zero-order valence-corrected chi connectivity index (χ0v) is 15.6. The topological polar surface area (TPSA) is 86.0 Å². The van der Waals surface area contributed by atoms with E-state index >= 15 is 0 Å². The third-order valence-electron chi connectivity index (χ3n) is 4.15. The van der Waals surface area contributed by atoms with Crippen molar-refractivity contribution in [3.8, 4) is 0 Å². The lowest BCUT2D eigenvalue weighted by molar-refractivity contribution is -0.121. The normalized spacial score (nSPS) is 10.9. The van der Waals surface area contributed by atoms with Crippen LogP contribution in [-0.2, 0) is 24.4 Å². The van der Waals surface area contributed by atoms with Crippen molar-refractivity contribution in [2.75, 3.05) is 0 Å². The highest BCUT2D eigenvalue weighted by Crippen LogP contribution is 2.15. The molecule has 0 bridgehead atoms.